The molecule has 8 heteroatoms. The maximum absolute atomic E-state index is 12.3. The first kappa shape index (κ1) is 18.2. The van der Waals surface area contributed by atoms with Gasteiger partial charge in [-0.05, 0) is 41.5 Å². The van der Waals surface area contributed by atoms with Crippen LogP contribution in [0.15, 0.2) is 83.5 Å². The Bertz CT molecular complexity index is 1210. The number of carbonyl (C=O) groups is 1. The van der Waals surface area contributed by atoms with Crippen LogP contribution in [-0.4, -0.2) is 20.7 Å². The lowest BCUT2D eigenvalue weighted by molar-refractivity contribution is 0.0996. The van der Waals surface area contributed by atoms with Gasteiger partial charge in [-0.3, -0.25) is 10.1 Å². The topological polar surface area (TPSA) is 85.0 Å². The lowest BCUT2D eigenvalue weighted by Crippen LogP contribution is -2.20. The lowest BCUT2D eigenvalue weighted by atomic mass is 10.0. The van der Waals surface area contributed by atoms with Gasteiger partial charge in [0.05, 0.1) is 6.26 Å². The summed E-state index contributed by atoms with van der Waals surface area (Å²) in [4.78, 5) is 16.8. The molecule has 0 bridgehead atoms. The van der Waals surface area contributed by atoms with E-state index < -0.39 is 5.91 Å². The van der Waals surface area contributed by atoms with Crippen molar-refractivity contribution in [1.29, 1.82) is 0 Å². The average Bonchev–Trinajstić information content (AvgIpc) is 3.44. The van der Waals surface area contributed by atoms with Gasteiger partial charge in [-0.2, -0.15) is 4.98 Å². The Hall–Kier alpha value is -3.84. The molecule has 2 N–H and O–H groups in total. The fourth-order valence-corrected chi connectivity index (χ4v) is 3.43. The minimum atomic E-state index is -0.412. The molecule has 0 unspecified atom stereocenters. The van der Waals surface area contributed by atoms with E-state index in [0.717, 1.165) is 16.8 Å². The lowest BCUT2D eigenvalue weighted by Gasteiger charge is -2.24. The fraction of sp³-hybridized carbons (Fsp3) is 0.0455. The second kappa shape index (κ2) is 7.53. The normalized spacial score (nSPS) is 15.1. The number of anilines is 2. The van der Waals surface area contributed by atoms with Crippen LogP contribution >= 0.6 is 11.6 Å². The molecule has 2 aromatic heterocycles. The number of aromatic nitrogens is 3. The number of rotatable bonds is 4. The Balaban J connectivity index is 1.52. The zero-order chi connectivity index (χ0) is 20.5. The summed E-state index contributed by atoms with van der Waals surface area (Å²) < 4.78 is 6.88. The van der Waals surface area contributed by atoms with Gasteiger partial charge in [0.2, 0.25) is 5.95 Å². The van der Waals surface area contributed by atoms with E-state index in [1.807, 2.05) is 54.6 Å². The summed E-state index contributed by atoms with van der Waals surface area (Å²) in [5.41, 5.74) is 2.89. The molecule has 1 aliphatic heterocycles. The predicted octanol–water partition coefficient (Wildman–Crippen LogP) is 4.83. The van der Waals surface area contributed by atoms with Crippen molar-refractivity contribution in [1.82, 2.24) is 14.8 Å². The molecule has 30 heavy (non-hydrogen) atoms. The molecule has 0 saturated carbocycles. The van der Waals surface area contributed by atoms with Crippen LogP contribution < -0.4 is 10.6 Å². The molecule has 4 aromatic rings. The van der Waals surface area contributed by atoms with Gasteiger partial charge in [0.15, 0.2) is 5.76 Å². The number of hydrogen-bond acceptors (Lipinski definition) is 5. The maximum atomic E-state index is 12.3. The molecular formula is C22H16ClN5O2. The second-order valence-electron chi connectivity index (χ2n) is 6.70. The number of amides is 1. The number of hydrogen-bond donors (Lipinski definition) is 2. The zero-order valence-corrected chi connectivity index (χ0v) is 16.4. The number of furan rings is 1. The number of benzene rings is 2. The molecule has 0 radical (unpaired) electrons. The van der Waals surface area contributed by atoms with Crippen molar-refractivity contribution in [2.75, 3.05) is 10.6 Å². The van der Waals surface area contributed by atoms with Gasteiger partial charge < -0.3 is 9.73 Å². The third kappa shape index (κ3) is 3.46. The Morgan fingerprint density at radius 2 is 1.87 bits per heavy atom. The molecule has 3 heterocycles. The number of fused-ring (bicyclic) bond motifs is 1. The van der Waals surface area contributed by atoms with Crippen LogP contribution in [0.1, 0.15) is 27.7 Å². The van der Waals surface area contributed by atoms with Gasteiger partial charge in [-0.1, -0.05) is 54.1 Å². The molecule has 0 saturated heterocycles. The van der Waals surface area contributed by atoms with Crippen molar-refractivity contribution in [3.8, 4) is 0 Å². The molecular weight excluding hydrogens is 402 g/mol. The maximum Gasteiger partial charge on any atom is 0.293 e. The fourth-order valence-electron chi connectivity index (χ4n) is 3.30. The molecule has 1 amide bonds. The SMILES string of the molecule is O=C(Nc1nc2n(n1)[C@@H](c1ccccc1)C=C(c1ccc(Cl)cc1)N2)c1ccco1. The summed E-state index contributed by atoms with van der Waals surface area (Å²) in [7, 11) is 0. The van der Waals surface area contributed by atoms with E-state index >= 15 is 0 Å². The third-order valence-corrected chi connectivity index (χ3v) is 4.98. The first-order chi connectivity index (χ1) is 14.7. The summed E-state index contributed by atoms with van der Waals surface area (Å²) in [5.74, 6) is 0.483. The third-order valence-electron chi connectivity index (χ3n) is 4.73. The first-order valence-corrected chi connectivity index (χ1v) is 9.66. The highest BCUT2D eigenvalue weighted by molar-refractivity contribution is 6.30. The van der Waals surface area contributed by atoms with Crippen LogP contribution in [0.3, 0.4) is 0 Å². The smallest absolute Gasteiger partial charge is 0.293 e. The highest BCUT2D eigenvalue weighted by Gasteiger charge is 2.26. The number of carbonyl (C=O) groups excluding carboxylic acids is 1. The highest BCUT2D eigenvalue weighted by Crippen LogP contribution is 2.33. The molecule has 1 aliphatic rings. The summed E-state index contributed by atoms with van der Waals surface area (Å²) in [5, 5.41) is 11.1. The zero-order valence-electron chi connectivity index (χ0n) is 15.6. The molecule has 0 spiro atoms. The van der Waals surface area contributed by atoms with E-state index in [0.29, 0.717) is 11.0 Å². The minimum Gasteiger partial charge on any atom is -0.459 e. The Morgan fingerprint density at radius 1 is 1.07 bits per heavy atom. The van der Waals surface area contributed by atoms with E-state index in [9.17, 15) is 4.79 Å². The molecule has 7 nitrogen and oxygen atoms in total. The van der Waals surface area contributed by atoms with E-state index in [-0.39, 0.29) is 17.8 Å². The molecule has 1 atom stereocenters. The highest BCUT2D eigenvalue weighted by atomic mass is 35.5. The van der Waals surface area contributed by atoms with Crippen LogP contribution in [0, 0.1) is 0 Å². The number of halogens is 1. The van der Waals surface area contributed by atoms with E-state index in [1.54, 1.807) is 16.8 Å². The van der Waals surface area contributed by atoms with Gasteiger partial charge in [0.1, 0.15) is 6.04 Å². The number of nitrogens with one attached hydrogen (secondary N) is 2. The Morgan fingerprint density at radius 3 is 2.60 bits per heavy atom. The van der Waals surface area contributed by atoms with E-state index in [1.165, 1.54) is 6.26 Å². The Labute approximate surface area is 177 Å². The first-order valence-electron chi connectivity index (χ1n) is 9.28. The van der Waals surface area contributed by atoms with Gasteiger partial charge in [-0.25, -0.2) is 4.68 Å². The second-order valence-corrected chi connectivity index (χ2v) is 7.14. The van der Waals surface area contributed by atoms with E-state index in [2.05, 4.69) is 26.8 Å². The van der Waals surface area contributed by atoms with Crippen molar-refractivity contribution >= 4 is 35.1 Å². The summed E-state index contributed by atoms with van der Waals surface area (Å²) in [6.45, 7) is 0. The predicted molar refractivity (Wildman–Crippen MR) is 114 cm³/mol. The van der Waals surface area contributed by atoms with Crippen molar-refractivity contribution in [3.05, 3.63) is 101 Å². The molecule has 148 valence electrons. The summed E-state index contributed by atoms with van der Waals surface area (Å²) in [6, 6.07) is 20.6. The standard InChI is InChI=1S/C22H16ClN5O2/c23-16-10-8-14(9-11-16)17-13-18(15-5-2-1-3-6-15)28-22(24-17)26-21(27-28)25-20(29)19-7-4-12-30-19/h1-13,18H,(H2,24,25,26,27,29)/t18-/m1/s1. The molecule has 2 aromatic carbocycles. The average molecular weight is 418 g/mol. The van der Waals surface area contributed by atoms with Gasteiger partial charge in [-0.15, -0.1) is 5.10 Å². The van der Waals surface area contributed by atoms with E-state index in [4.69, 9.17) is 16.0 Å². The quantitative estimate of drug-likeness (QED) is 0.496. The molecule has 0 fully saturated rings. The monoisotopic (exact) mass is 417 g/mol. The summed E-state index contributed by atoms with van der Waals surface area (Å²) >= 11 is 6.04. The van der Waals surface area contributed by atoms with Crippen LogP contribution in [0.25, 0.3) is 5.70 Å². The van der Waals surface area contributed by atoms with Crippen molar-refractivity contribution in [3.63, 3.8) is 0 Å². The molecule has 0 aliphatic carbocycles. The van der Waals surface area contributed by atoms with Crippen molar-refractivity contribution < 1.29 is 9.21 Å². The van der Waals surface area contributed by atoms with Gasteiger partial charge >= 0.3 is 0 Å². The van der Waals surface area contributed by atoms with Crippen LogP contribution in [0.5, 0.6) is 0 Å². The van der Waals surface area contributed by atoms with Crippen molar-refractivity contribution in [2.24, 2.45) is 0 Å². The van der Waals surface area contributed by atoms with Gasteiger partial charge in [0, 0.05) is 10.7 Å². The summed E-state index contributed by atoms with van der Waals surface area (Å²) in [6.07, 6.45) is 3.51. The molecule has 5 rings (SSSR count). The Kier molecular flexibility index (Phi) is 4.57. The number of allylic oxidation sites excluding steroid dienone is 1. The van der Waals surface area contributed by atoms with Crippen LogP contribution in [0.4, 0.5) is 11.9 Å². The van der Waals surface area contributed by atoms with Crippen molar-refractivity contribution in [2.45, 2.75) is 6.04 Å². The van der Waals surface area contributed by atoms with Gasteiger partial charge in [0.25, 0.3) is 11.9 Å². The number of nitrogens with zero attached hydrogens (tertiary/aromatic N) is 3. The van der Waals surface area contributed by atoms with Crippen LogP contribution in [0.2, 0.25) is 5.02 Å². The minimum absolute atomic E-state index is 0.186. The van der Waals surface area contributed by atoms with Crippen LogP contribution in [-0.2, 0) is 0 Å². The largest absolute Gasteiger partial charge is 0.459 e.